The first-order valence-electron chi connectivity index (χ1n) is 4.67. The van der Waals surface area contributed by atoms with Gasteiger partial charge in [0.25, 0.3) is 0 Å². The molecule has 16 heavy (non-hydrogen) atoms. The van der Waals surface area contributed by atoms with Crippen LogP contribution in [0, 0.1) is 0 Å². The molecule has 7 nitrogen and oxygen atoms in total. The lowest BCUT2D eigenvalue weighted by atomic mass is 10.3. The van der Waals surface area contributed by atoms with Crippen molar-refractivity contribution < 1.29 is 19.0 Å². The second-order valence-electron chi connectivity index (χ2n) is 3.37. The highest BCUT2D eigenvalue weighted by atomic mass is 32.1. The Hall–Kier alpha value is -0.950. The molecule has 0 aliphatic rings. The van der Waals surface area contributed by atoms with Crippen LogP contribution in [-0.4, -0.2) is 19.4 Å². The predicted molar refractivity (Wildman–Crippen MR) is 59.1 cm³/mol. The quantitative estimate of drug-likeness (QED) is 0.380. The van der Waals surface area contributed by atoms with Gasteiger partial charge in [-0.3, -0.25) is 10.4 Å². The van der Waals surface area contributed by atoms with Gasteiger partial charge in [0, 0.05) is 16.9 Å². The van der Waals surface area contributed by atoms with Crippen molar-refractivity contribution >= 4 is 29.3 Å². The molecule has 0 amide bonds. The standard InChI is InChI=1S/C7H11N4O3PS/c1-2-3-5-9-11-6(15(12,13)14)4-16-7(11)10(5)8/h4H,2-3,8H2,1H3,(H-,12,13,14)/p+1. The number of nitrogens with two attached hydrogens (primary N) is 1. The van der Waals surface area contributed by atoms with Gasteiger partial charge in [0.05, 0.1) is 0 Å². The fraction of sp³-hybridized carbons (Fsp3) is 0.429. The molecule has 0 bridgehead atoms. The van der Waals surface area contributed by atoms with Crippen molar-refractivity contribution in [3.63, 3.8) is 0 Å². The third kappa shape index (κ3) is 1.73. The molecule has 88 valence electrons. The van der Waals surface area contributed by atoms with Gasteiger partial charge in [-0.05, 0) is 6.42 Å². The van der Waals surface area contributed by atoms with Gasteiger partial charge in [-0.2, -0.15) is 0 Å². The Morgan fingerprint density at radius 1 is 1.69 bits per heavy atom. The first-order chi connectivity index (χ1) is 7.45. The Balaban J connectivity index is 2.64. The smallest absolute Gasteiger partial charge is 0.319 e. The fourth-order valence-electron chi connectivity index (χ4n) is 1.42. The van der Waals surface area contributed by atoms with E-state index in [1.165, 1.54) is 14.6 Å². The monoisotopic (exact) mass is 263 g/mol. The van der Waals surface area contributed by atoms with E-state index >= 15 is 0 Å². The van der Waals surface area contributed by atoms with Crippen LogP contribution in [0.15, 0.2) is 5.38 Å². The summed E-state index contributed by atoms with van der Waals surface area (Å²) >= 11 is 1.16. The minimum Gasteiger partial charge on any atom is -0.319 e. The van der Waals surface area contributed by atoms with E-state index in [0.29, 0.717) is 17.2 Å². The molecule has 0 fully saturated rings. The number of rotatable bonds is 3. The molecule has 0 spiro atoms. The number of nitrogens with zero attached hydrogens (tertiary/aromatic N) is 3. The molecule has 0 atom stereocenters. The fourth-order valence-corrected chi connectivity index (χ4v) is 3.35. The van der Waals surface area contributed by atoms with Crippen LogP contribution in [-0.2, 0) is 11.0 Å². The van der Waals surface area contributed by atoms with Gasteiger partial charge in [-0.1, -0.05) is 22.8 Å². The number of aromatic nitrogens is 3. The summed E-state index contributed by atoms with van der Waals surface area (Å²) < 4.78 is 13.8. The molecular weight excluding hydrogens is 251 g/mol. The van der Waals surface area contributed by atoms with Gasteiger partial charge in [0.15, 0.2) is 0 Å². The molecule has 0 aliphatic heterocycles. The Kier molecular flexibility index (Phi) is 2.75. The van der Waals surface area contributed by atoms with Gasteiger partial charge >= 0.3 is 18.4 Å². The molecule has 0 saturated carbocycles. The Labute approximate surface area is 95.3 Å². The molecule has 0 aliphatic carbocycles. The van der Waals surface area contributed by atoms with Crippen LogP contribution in [0.4, 0.5) is 0 Å². The van der Waals surface area contributed by atoms with Gasteiger partial charge in [0.2, 0.25) is 5.44 Å². The maximum Gasteiger partial charge on any atom is 0.392 e. The zero-order chi connectivity index (χ0) is 11.9. The van der Waals surface area contributed by atoms with Gasteiger partial charge < -0.3 is 9.79 Å². The molecule has 2 heterocycles. The SMILES string of the molecule is CCCc1nn2c(P(=O)(O)O)csc2[n+]1N. The highest BCUT2D eigenvalue weighted by Crippen LogP contribution is 2.34. The number of hydrogen-bond donors (Lipinski definition) is 3. The predicted octanol–water partition coefficient (Wildman–Crippen LogP) is -0.847. The minimum absolute atomic E-state index is 0.117. The van der Waals surface area contributed by atoms with Crippen LogP contribution in [0.3, 0.4) is 0 Å². The Bertz CT molecular complexity index is 571. The van der Waals surface area contributed by atoms with Gasteiger partial charge in [0.1, 0.15) is 0 Å². The number of thiazole rings is 1. The van der Waals surface area contributed by atoms with Gasteiger partial charge in [-0.15, -0.1) is 4.68 Å². The lowest BCUT2D eigenvalue weighted by molar-refractivity contribution is -0.618. The van der Waals surface area contributed by atoms with Crippen molar-refractivity contribution in [2.45, 2.75) is 19.8 Å². The van der Waals surface area contributed by atoms with E-state index in [9.17, 15) is 4.57 Å². The Morgan fingerprint density at radius 3 is 2.94 bits per heavy atom. The molecule has 2 rings (SSSR count). The molecular formula is C7H12N4O3PS+. The van der Waals surface area contributed by atoms with Crippen LogP contribution in [0.5, 0.6) is 0 Å². The van der Waals surface area contributed by atoms with Crippen LogP contribution in [0.1, 0.15) is 19.2 Å². The lowest BCUT2D eigenvalue weighted by Crippen LogP contribution is -2.46. The number of aryl methyl sites for hydroxylation is 1. The highest BCUT2D eigenvalue weighted by molar-refractivity contribution is 7.60. The molecule has 0 aromatic carbocycles. The van der Waals surface area contributed by atoms with Crippen LogP contribution >= 0.6 is 18.9 Å². The maximum atomic E-state index is 11.2. The summed E-state index contributed by atoms with van der Waals surface area (Å²) in [4.78, 5) is 18.7. The summed E-state index contributed by atoms with van der Waals surface area (Å²) in [5.41, 5.74) is -0.117. The van der Waals surface area contributed by atoms with Crippen LogP contribution < -0.4 is 16.0 Å². The van der Waals surface area contributed by atoms with E-state index in [-0.39, 0.29) is 5.44 Å². The molecule has 2 aromatic heterocycles. The van der Waals surface area contributed by atoms with Crippen molar-refractivity contribution in [2.24, 2.45) is 0 Å². The van der Waals surface area contributed by atoms with E-state index < -0.39 is 7.60 Å². The summed E-state index contributed by atoms with van der Waals surface area (Å²) in [6.07, 6.45) is 1.54. The zero-order valence-electron chi connectivity index (χ0n) is 8.57. The number of fused-ring (bicyclic) bond motifs is 1. The number of nitrogen functional groups attached to an aromatic ring is 1. The largest absolute Gasteiger partial charge is 0.392 e. The normalized spacial score (nSPS) is 12.4. The average Bonchev–Trinajstić information content (AvgIpc) is 2.68. The maximum absolute atomic E-state index is 11.2. The summed E-state index contributed by atoms with van der Waals surface area (Å²) in [6, 6.07) is 0. The third-order valence-corrected chi connectivity index (χ3v) is 4.15. The zero-order valence-corrected chi connectivity index (χ0v) is 10.3. The van der Waals surface area contributed by atoms with E-state index in [2.05, 4.69) is 5.10 Å². The van der Waals surface area contributed by atoms with Gasteiger partial charge in [-0.25, -0.2) is 0 Å². The van der Waals surface area contributed by atoms with Crippen molar-refractivity contribution in [2.75, 3.05) is 5.84 Å². The van der Waals surface area contributed by atoms with Crippen molar-refractivity contribution in [3.05, 3.63) is 11.2 Å². The summed E-state index contributed by atoms with van der Waals surface area (Å²) in [5.74, 6) is 6.39. The summed E-state index contributed by atoms with van der Waals surface area (Å²) in [5, 5.41) is 5.48. The van der Waals surface area contributed by atoms with Crippen molar-refractivity contribution in [1.82, 2.24) is 9.61 Å². The molecule has 0 radical (unpaired) electrons. The molecule has 4 N–H and O–H groups in total. The van der Waals surface area contributed by atoms with Crippen LogP contribution in [0.25, 0.3) is 4.96 Å². The Morgan fingerprint density at radius 2 is 2.38 bits per heavy atom. The molecule has 0 saturated heterocycles. The third-order valence-electron chi connectivity index (χ3n) is 2.14. The van der Waals surface area contributed by atoms with Crippen molar-refractivity contribution in [3.8, 4) is 0 Å². The van der Waals surface area contributed by atoms with Crippen LogP contribution in [0.2, 0.25) is 0 Å². The topological polar surface area (TPSA) is 105 Å². The van der Waals surface area contributed by atoms with E-state index in [4.69, 9.17) is 15.6 Å². The first kappa shape index (κ1) is 11.5. The van der Waals surface area contributed by atoms with E-state index in [0.717, 1.165) is 17.8 Å². The molecule has 0 unspecified atom stereocenters. The van der Waals surface area contributed by atoms with E-state index in [1.807, 2.05) is 6.92 Å². The second kappa shape index (κ2) is 3.81. The first-order valence-corrected chi connectivity index (χ1v) is 7.16. The summed E-state index contributed by atoms with van der Waals surface area (Å²) in [6.45, 7) is 1.98. The highest BCUT2D eigenvalue weighted by Gasteiger charge is 2.32. The molecule has 2 aromatic rings. The number of hydrogen-bond acceptors (Lipinski definition) is 4. The van der Waals surface area contributed by atoms with Crippen molar-refractivity contribution in [1.29, 1.82) is 0 Å². The average molecular weight is 263 g/mol. The molecule has 9 heteroatoms. The second-order valence-corrected chi connectivity index (χ2v) is 5.75. The minimum atomic E-state index is -4.30. The summed E-state index contributed by atoms with van der Waals surface area (Å²) in [7, 11) is -4.30. The lowest BCUT2D eigenvalue weighted by Gasteiger charge is -1.94. The van der Waals surface area contributed by atoms with E-state index in [1.54, 1.807) is 0 Å².